The van der Waals surface area contributed by atoms with Crippen molar-refractivity contribution in [3.8, 4) is 5.75 Å². The van der Waals surface area contributed by atoms with Gasteiger partial charge in [-0.3, -0.25) is 4.79 Å². The highest BCUT2D eigenvalue weighted by Gasteiger charge is 2.33. The lowest BCUT2D eigenvalue weighted by atomic mass is 10.2. The third kappa shape index (κ3) is 2.39. The fraction of sp³-hybridized carbons (Fsp3) is 0.625. The van der Waals surface area contributed by atoms with Gasteiger partial charge in [0.05, 0.1) is 5.92 Å². The van der Waals surface area contributed by atoms with Crippen LogP contribution in [0.3, 0.4) is 0 Å². The first-order valence-electron chi connectivity index (χ1n) is 7.78. The third-order valence-electron chi connectivity index (χ3n) is 4.43. The van der Waals surface area contributed by atoms with E-state index in [1.807, 2.05) is 6.20 Å². The Balaban J connectivity index is 1.62. The SMILES string of the molecule is O=C(Oc1cc(C2CC2)cnc1N1CCCC1)C1CC1. The second-order valence-corrected chi connectivity index (χ2v) is 6.25. The maximum absolute atomic E-state index is 12.0. The summed E-state index contributed by atoms with van der Waals surface area (Å²) in [7, 11) is 0. The molecule has 0 bridgehead atoms. The summed E-state index contributed by atoms with van der Waals surface area (Å²) in [6.45, 7) is 2.04. The standard InChI is InChI=1S/C16H20N2O2/c19-16(12-5-6-12)20-14-9-13(11-3-4-11)10-17-15(14)18-7-1-2-8-18/h9-12H,1-8H2. The number of hydrogen-bond acceptors (Lipinski definition) is 4. The van der Waals surface area contributed by atoms with Crippen LogP contribution < -0.4 is 9.64 Å². The van der Waals surface area contributed by atoms with E-state index in [1.165, 1.54) is 31.2 Å². The second-order valence-electron chi connectivity index (χ2n) is 6.25. The van der Waals surface area contributed by atoms with Gasteiger partial charge in [0.15, 0.2) is 11.6 Å². The lowest BCUT2D eigenvalue weighted by molar-refractivity contribution is -0.135. The molecule has 0 aromatic carbocycles. The van der Waals surface area contributed by atoms with Gasteiger partial charge in [-0.15, -0.1) is 0 Å². The summed E-state index contributed by atoms with van der Waals surface area (Å²) in [4.78, 5) is 18.8. The van der Waals surface area contributed by atoms with Crippen LogP contribution in [0.2, 0.25) is 0 Å². The number of nitrogens with zero attached hydrogens (tertiary/aromatic N) is 2. The Bertz CT molecular complexity index is 529. The number of ether oxygens (including phenoxy) is 1. The zero-order chi connectivity index (χ0) is 13.5. The number of rotatable bonds is 4. The van der Waals surface area contributed by atoms with E-state index in [0.29, 0.717) is 11.7 Å². The topological polar surface area (TPSA) is 42.4 Å². The molecule has 0 spiro atoms. The van der Waals surface area contributed by atoms with Gasteiger partial charge in [-0.1, -0.05) is 0 Å². The highest BCUT2D eigenvalue weighted by atomic mass is 16.5. The molecule has 20 heavy (non-hydrogen) atoms. The Kier molecular flexibility index (Phi) is 2.90. The van der Waals surface area contributed by atoms with Gasteiger partial charge in [0.25, 0.3) is 0 Å². The van der Waals surface area contributed by atoms with Crippen molar-refractivity contribution in [1.29, 1.82) is 0 Å². The van der Waals surface area contributed by atoms with Crippen molar-refractivity contribution >= 4 is 11.8 Å². The Morgan fingerprint density at radius 2 is 1.95 bits per heavy atom. The molecule has 2 saturated carbocycles. The zero-order valence-corrected chi connectivity index (χ0v) is 11.7. The molecule has 4 nitrogen and oxygen atoms in total. The molecule has 0 radical (unpaired) electrons. The van der Waals surface area contributed by atoms with Crippen LogP contribution in [0, 0.1) is 5.92 Å². The fourth-order valence-electron chi connectivity index (χ4n) is 2.84. The summed E-state index contributed by atoms with van der Waals surface area (Å²) in [5, 5.41) is 0. The molecule has 4 rings (SSSR count). The average molecular weight is 272 g/mol. The average Bonchev–Trinajstić information content (AvgIpc) is 3.37. The Morgan fingerprint density at radius 1 is 1.20 bits per heavy atom. The van der Waals surface area contributed by atoms with Crippen molar-refractivity contribution in [1.82, 2.24) is 4.98 Å². The monoisotopic (exact) mass is 272 g/mol. The molecule has 4 heteroatoms. The molecule has 106 valence electrons. The van der Waals surface area contributed by atoms with Gasteiger partial charge >= 0.3 is 5.97 Å². The van der Waals surface area contributed by atoms with E-state index in [-0.39, 0.29) is 11.9 Å². The minimum absolute atomic E-state index is 0.0693. The number of carbonyl (C=O) groups is 1. The van der Waals surface area contributed by atoms with Gasteiger partial charge in [-0.25, -0.2) is 4.98 Å². The largest absolute Gasteiger partial charge is 0.422 e. The smallest absolute Gasteiger partial charge is 0.314 e. The Hall–Kier alpha value is -1.58. The lowest BCUT2D eigenvalue weighted by Gasteiger charge is -2.20. The Labute approximate surface area is 119 Å². The number of esters is 1. The van der Waals surface area contributed by atoms with E-state index in [9.17, 15) is 4.79 Å². The van der Waals surface area contributed by atoms with E-state index >= 15 is 0 Å². The van der Waals surface area contributed by atoms with Crippen molar-refractivity contribution in [3.05, 3.63) is 17.8 Å². The summed E-state index contributed by atoms with van der Waals surface area (Å²) >= 11 is 0. The number of hydrogen-bond donors (Lipinski definition) is 0. The molecule has 2 heterocycles. The molecule has 0 unspecified atom stereocenters. The first-order chi connectivity index (χ1) is 9.81. The molecule has 3 aliphatic rings. The normalized spacial score (nSPS) is 22.1. The number of aromatic nitrogens is 1. The van der Waals surface area contributed by atoms with Crippen LogP contribution in [0.15, 0.2) is 12.3 Å². The quantitative estimate of drug-likeness (QED) is 0.790. The molecular formula is C16H20N2O2. The number of anilines is 1. The molecule has 3 fully saturated rings. The van der Waals surface area contributed by atoms with Crippen molar-refractivity contribution in [2.75, 3.05) is 18.0 Å². The molecular weight excluding hydrogens is 252 g/mol. The summed E-state index contributed by atoms with van der Waals surface area (Å²) in [5.41, 5.74) is 1.23. The first-order valence-corrected chi connectivity index (χ1v) is 7.78. The summed E-state index contributed by atoms with van der Waals surface area (Å²) < 4.78 is 5.66. The van der Waals surface area contributed by atoms with Crippen LogP contribution in [-0.2, 0) is 4.79 Å². The molecule has 2 aliphatic carbocycles. The number of pyridine rings is 1. The third-order valence-corrected chi connectivity index (χ3v) is 4.43. The predicted molar refractivity (Wildman–Crippen MR) is 76.0 cm³/mol. The van der Waals surface area contributed by atoms with Crippen molar-refractivity contribution in [2.45, 2.75) is 44.4 Å². The summed E-state index contributed by atoms with van der Waals surface area (Å²) in [5.74, 6) is 2.24. The van der Waals surface area contributed by atoms with Gasteiger partial charge in [-0.05, 0) is 56.1 Å². The maximum atomic E-state index is 12.0. The van der Waals surface area contributed by atoms with Crippen molar-refractivity contribution in [2.24, 2.45) is 5.92 Å². The van der Waals surface area contributed by atoms with Gasteiger partial charge in [0.2, 0.25) is 0 Å². The molecule has 1 aromatic heterocycles. The van der Waals surface area contributed by atoms with E-state index in [4.69, 9.17) is 4.74 Å². The lowest BCUT2D eigenvalue weighted by Crippen LogP contribution is -2.21. The molecule has 0 N–H and O–H groups in total. The van der Waals surface area contributed by atoms with E-state index in [2.05, 4.69) is 16.0 Å². The first kappa shape index (κ1) is 12.2. The van der Waals surface area contributed by atoms with Crippen LogP contribution in [-0.4, -0.2) is 24.0 Å². The van der Waals surface area contributed by atoms with Crippen LogP contribution >= 0.6 is 0 Å². The van der Waals surface area contributed by atoms with Crippen molar-refractivity contribution in [3.63, 3.8) is 0 Å². The molecule has 1 saturated heterocycles. The van der Waals surface area contributed by atoms with E-state index in [1.54, 1.807) is 0 Å². The minimum atomic E-state index is -0.0693. The van der Waals surface area contributed by atoms with Crippen LogP contribution in [0.1, 0.15) is 50.0 Å². The second kappa shape index (κ2) is 4.76. The highest BCUT2D eigenvalue weighted by molar-refractivity contribution is 5.79. The molecule has 0 amide bonds. The van der Waals surface area contributed by atoms with Crippen LogP contribution in [0.4, 0.5) is 5.82 Å². The highest BCUT2D eigenvalue weighted by Crippen LogP contribution is 2.43. The molecule has 0 atom stereocenters. The van der Waals surface area contributed by atoms with Crippen molar-refractivity contribution < 1.29 is 9.53 Å². The van der Waals surface area contributed by atoms with Gasteiger partial charge in [0, 0.05) is 19.3 Å². The predicted octanol–water partition coefficient (Wildman–Crippen LogP) is 2.87. The minimum Gasteiger partial charge on any atom is -0.422 e. The van der Waals surface area contributed by atoms with Crippen LogP contribution in [0.5, 0.6) is 5.75 Å². The van der Waals surface area contributed by atoms with Gasteiger partial charge in [0.1, 0.15) is 0 Å². The van der Waals surface area contributed by atoms with E-state index < -0.39 is 0 Å². The Morgan fingerprint density at radius 3 is 2.60 bits per heavy atom. The summed E-state index contributed by atoms with van der Waals surface area (Å²) in [6.07, 6.45) is 8.80. The van der Waals surface area contributed by atoms with Crippen LogP contribution in [0.25, 0.3) is 0 Å². The van der Waals surface area contributed by atoms with E-state index in [0.717, 1.165) is 31.7 Å². The fourth-order valence-corrected chi connectivity index (χ4v) is 2.84. The molecule has 1 aliphatic heterocycles. The summed E-state index contributed by atoms with van der Waals surface area (Å²) in [6, 6.07) is 2.05. The van der Waals surface area contributed by atoms with Gasteiger partial charge in [-0.2, -0.15) is 0 Å². The van der Waals surface area contributed by atoms with Gasteiger partial charge < -0.3 is 9.64 Å². The zero-order valence-electron chi connectivity index (χ0n) is 11.7. The maximum Gasteiger partial charge on any atom is 0.314 e. The molecule has 1 aromatic rings. The number of carbonyl (C=O) groups excluding carboxylic acids is 1.